The molecule has 0 fully saturated rings. The van der Waals surface area contributed by atoms with Crippen LogP contribution in [-0.2, 0) is 30.8 Å². The van der Waals surface area contributed by atoms with Crippen molar-refractivity contribution in [1.29, 1.82) is 0 Å². The summed E-state index contributed by atoms with van der Waals surface area (Å²) in [6.45, 7) is 3.39. The van der Waals surface area contributed by atoms with Crippen molar-refractivity contribution in [2.75, 3.05) is 0 Å². The highest BCUT2D eigenvalue weighted by Crippen LogP contribution is 2.29. The number of carbonyl (C=O) groups is 2. The lowest BCUT2D eigenvalue weighted by Crippen LogP contribution is -2.11. The molecule has 0 unspecified atom stereocenters. The van der Waals surface area contributed by atoms with E-state index < -0.39 is 5.97 Å². The topological polar surface area (TPSA) is 127 Å². The van der Waals surface area contributed by atoms with Crippen LogP contribution in [0.3, 0.4) is 0 Å². The summed E-state index contributed by atoms with van der Waals surface area (Å²) in [7, 11) is 0. The first-order valence-electron chi connectivity index (χ1n) is 9.92. The van der Waals surface area contributed by atoms with E-state index in [2.05, 4.69) is 15.4 Å². The second-order valence-electron chi connectivity index (χ2n) is 7.14. The molecule has 31 heavy (non-hydrogen) atoms. The number of nitrogens with zero attached hydrogens (tertiary/aromatic N) is 4. The maximum absolute atomic E-state index is 11.7. The monoisotopic (exact) mass is 424 g/mol. The molecular formula is C22H24N4O5. The predicted molar refractivity (Wildman–Crippen MR) is 111 cm³/mol. The second kappa shape index (κ2) is 9.84. The zero-order valence-electron chi connectivity index (χ0n) is 17.4. The van der Waals surface area contributed by atoms with E-state index in [1.807, 2.05) is 37.3 Å². The number of phenols is 1. The van der Waals surface area contributed by atoms with Crippen molar-refractivity contribution in [3.63, 3.8) is 0 Å². The number of rotatable bonds is 10. The molecule has 0 aliphatic rings. The fourth-order valence-corrected chi connectivity index (χ4v) is 3.21. The lowest BCUT2D eigenvalue weighted by atomic mass is 9.97. The summed E-state index contributed by atoms with van der Waals surface area (Å²) in [5.41, 5.74) is 2.83. The molecule has 9 heteroatoms. The average molecular weight is 424 g/mol. The highest BCUT2D eigenvalue weighted by molar-refractivity contribution is 5.97. The van der Waals surface area contributed by atoms with Crippen LogP contribution in [0.25, 0.3) is 0 Å². The fourth-order valence-electron chi connectivity index (χ4n) is 3.21. The Morgan fingerprint density at radius 3 is 2.52 bits per heavy atom. The van der Waals surface area contributed by atoms with Gasteiger partial charge in [-0.15, -0.1) is 10.2 Å². The van der Waals surface area contributed by atoms with Crippen molar-refractivity contribution in [1.82, 2.24) is 20.2 Å². The molecule has 2 N–H and O–H groups in total. The summed E-state index contributed by atoms with van der Waals surface area (Å²) in [5, 5.41) is 30.8. The maximum Gasteiger partial charge on any atom is 0.327 e. The van der Waals surface area contributed by atoms with Gasteiger partial charge in [0.15, 0.2) is 18.2 Å². The Morgan fingerprint density at radius 1 is 1.13 bits per heavy atom. The van der Waals surface area contributed by atoms with Crippen LogP contribution in [-0.4, -0.2) is 42.2 Å². The molecule has 0 atom stereocenters. The molecule has 162 valence electrons. The smallest absolute Gasteiger partial charge is 0.327 e. The molecule has 3 rings (SSSR count). The van der Waals surface area contributed by atoms with Gasteiger partial charge in [0.2, 0.25) is 0 Å². The molecule has 1 heterocycles. The molecule has 0 aliphatic carbocycles. The molecule has 3 aromatic rings. The van der Waals surface area contributed by atoms with Gasteiger partial charge in [0.05, 0.1) is 5.56 Å². The van der Waals surface area contributed by atoms with E-state index in [9.17, 15) is 14.7 Å². The van der Waals surface area contributed by atoms with Crippen LogP contribution in [0, 0.1) is 0 Å². The molecule has 0 aliphatic heterocycles. The zero-order valence-corrected chi connectivity index (χ0v) is 17.4. The number of aliphatic carboxylic acids is 1. The van der Waals surface area contributed by atoms with Crippen molar-refractivity contribution in [2.45, 2.75) is 46.3 Å². The summed E-state index contributed by atoms with van der Waals surface area (Å²) >= 11 is 0. The van der Waals surface area contributed by atoms with Crippen molar-refractivity contribution >= 4 is 11.8 Å². The molecule has 9 nitrogen and oxygen atoms in total. The van der Waals surface area contributed by atoms with E-state index in [0.717, 1.165) is 27.9 Å². The average Bonchev–Trinajstić information content (AvgIpc) is 3.15. The summed E-state index contributed by atoms with van der Waals surface area (Å²) < 4.78 is 5.88. The van der Waals surface area contributed by atoms with Gasteiger partial charge in [-0.25, -0.2) is 0 Å². The SMILES string of the molecule is CCCc1c(COc2ccc(Cc3nnn(CC(=O)O)n3)cc2)ccc(C(C)=O)c1O. The Morgan fingerprint density at radius 2 is 1.87 bits per heavy atom. The molecule has 0 spiro atoms. The van der Waals surface area contributed by atoms with Gasteiger partial charge in [0, 0.05) is 12.0 Å². The first kappa shape index (κ1) is 21.9. The lowest BCUT2D eigenvalue weighted by Gasteiger charge is -2.14. The van der Waals surface area contributed by atoms with E-state index in [1.54, 1.807) is 6.07 Å². The minimum atomic E-state index is -1.03. The lowest BCUT2D eigenvalue weighted by molar-refractivity contribution is -0.138. The minimum Gasteiger partial charge on any atom is -0.507 e. The van der Waals surface area contributed by atoms with E-state index in [4.69, 9.17) is 9.84 Å². The number of phenolic OH excluding ortho intramolecular Hbond substituents is 1. The third kappa shape index (κ3) is 5.65. The van der Waals surface area contributed by atoms with Gasteiger partial charge in [0.1, 0.15) is 18.1 Å². The van der Waals surface area contributed by atoms with E-state index in [1.165, 1.54) is 6.92 Å². The normalized spacial score (nSPS) is 10.8. The Hall–Kier alpha value is -3.75. The number of hydrogen-bond acceptors (Lipinski definition) is 7. The predicted octanol–water partition coefficient (Wildman–Crippen LogP) is 2.79. The largest absolute Gasteiger partial charge is 0.507 e. The Kier molecular flexibility index (Phi) is 6.96. The van der Waals surface area contributed by atoms with Crippen LogP contribution in [0.1, 0.15) is 53.1 Å². The maximum atomic E-state index is 11.7. The number of benzene rings is 2. The van der Waals surface area contributed by atoms with Gasteiger partial charge in [-0.2, -0.15) is 4.80 Å². The van der Waals surface area contributed by atoms with Crippen molar-refractivity contribution in [3.05, 3.63) is 64.5 Å². The number of aromatic hydroxyl groups is 1. The van der Waals surface area contributed by atoms with Crippen molar-refractivity contribution < 1.29 is 24.5 Å². The number of carboxylic acid groups (broad SMARTS) is 1. The number of ether oxygens (including phenoxy) is 1. The molecule has 0 radical (unpaired) electrons. The van der Waals surface area contributed by atoms with Gasteiger partial charge in [0.25, 0.3) is 0 Å². The standard InChI is InChI=1S/C22H24N4O5/c1-3-4-19-16(7-10-18(14(2)27)22(19)30)13-31-17-8-5-15(6-9-17)11-20-23-25-26(24-20)12-21(28)29/h5-10,30H,3-4,11-13H2,1-2H3,(H,28,29). The van der Waals surface area contributed by atoms with Gasteiger partial charge in [-0.3, -0.25) is 9.59 Å². The van der Waals surface area contributed by atoms with Crippen molar-refractivity contribution in [3.8, 4) is 11.5 Å². The van der Waals surface area contributed by atoms with Gasteiger partial charge in [-0.1, -0.05) is 31.5 Å². The summed E-state index contributed by atoms with van der Waals surface area (Å²) in [4.78, 5) is 23.4. The van der Waals surface area contributed by atoms with Gasteiger partial charge in [-0.05, 0) is 47.9 Å². The number of Topliss-reactive ketones (excluding diaryl/α,β-unsaturated/α-hetero) is 1. The van der Waals surface area contributed by atoms with Crippen LogP contribution in [0.2, 0.25) is 0 Å². The molecule has 0 amide bonds. The third-order valence-electron chi connectivity index (χ3n) is 4.71. The van der Waals surface area contributed by atoms with Crippen LogP contribution in [0.5, 0.6) is 11.5 Å². The number of tetrazole rings is 1. The summed E-state index contributed by atoms with van der Waals surface area (Å²) in [6, 6.07) is 10.8. The summed E-state index contributed by atoms with van der Waals surface area (Å²) in [6.07, 6.45) is 1.91. The molecular weight excluding hydrogens is 400 g/mol. The Labute approximate surface area is 179 Å². The first-order valence-corrected chi connectivity index (χ1v) is 9.92. The Balaban J connectivity index is 1.65. The molecule has 0 saturated heterocycles. The van der Waals surface area contributed by atoms with Gasteiger partial charge >= 0.3 is 5.97 Å². The molecule has 0 bridgehead atoms. The minimum absolute atomic E-state index is 0.0363. The number of hydrogen-bond donors (Lipinski definition) is 2. The molecule has 0 saturated carbocycles. The number of carboxylic acids is 1. The summed E-state index contributed by atoms with van der Waals surface area (Å²) in [5.74, 6) is -0.0783. The Bertz CT molecular complexity index is 1080. The molecule has 2 aromatic carbocycles. The van der Waals surface area contributed by atoms with E-state index in [0.29, 0.717) is 30.0 Å². The number of ketones is 1. The van der Waals surface area contributed by atoms with Crippen LogP contribution in [0.4, 0.5) is 0 Å². The van der Waals surface area contributed by atoms with Gasteiger partial charge < -0.3 is 14.9 Å². The van der Waals surface area contributed by atoms with E-state index >= 15 is 0 Å². The van der Waals surface area contributed by atoms with Crippen LogP contribution < -0.4 is 4.74 Å². The number of aromatic nitrogens is 4. The van der Waals surface area contributed by atoms with E-state index in [-0.39, 0.29) is 24.7 Å². The van der Waals surface area contributed by atoms with Crippen LogP contribution in [0.15, 0.2) is 36.4 Å². The highest BCUT2D eigenvalue weighted by Gasteiger charge is 2.15. The van der Waals surface area contributed by atoms with Crippen LogP contribution >= 0.6 is 0 Å². The number of carbonyl (C=O) groups excluding carboxylic acids is 1. The highest BCUT2D eigenvalue weighted by atomic mass is 16.5. The third-order valence-corrected chi connectivity index (χ3v) is 4.71. The van der Waals surface area contributed by atoms with Crippen molar-refractivity contribution in [2.24, 2.45) is 0 Å². The first-order chi connectivity index (χ1) is 14.9. The fraction of sp³-hybridized carbons (Fsp3) is 0.318. The second-order valence-corrected chi connectivity index (χ2v) is 7.14. The molecule has 1 aromatic heterocycles. The quantitative estimate of drug-likeness (QED) is 0.476. The zero-order chi connectivity index (χ0) is 22.4.